The third-order valence-electron chi connectivity index (χ3n) is 2.72. The third kappa shape index (κ3) is 5.42. The molecular weight excluding hydrogens is 330 g/mol. The molecule has 23 heavy (non-hydrogen) atoms. The number of nitrogens with two attached hydrogens (primary N) is 1. The number of hydrogen-bond acceptors (Lipinski definition) is 5. The summed E-state index contributed by atoms with van der Waals surface area (Å²) in [5, 5.41) is 2.52. The van der Waals surface area contributed by atoms with Gasteiger partial charge in [0.05, 0.1) is 12.3 Å². The maximum atomic E-state index is 11.9. The van der Waals surface area contributed by atoms with E-state index in [-0.39, 0.29) is 24.9 Å². The van der Waals surface area contributed by atoms with Gasteiger partial charge in [0.15, 0.2) is 0 Å². The van der Waals surface area contributed by atoms with Crippen LogP contribution < -0.4 is 11.1 Å². The molecule has 0 spiro atoms. The van der Waals surface area contributed by atoms with Crippen molar-refractivity contribution in [2.75, 3.05) is 11.1 Å². The molecule has 2 aromatic rings. The Morgan fingerprint density at radius 1 is 1.35 bits per heavy atom. The van der Waals surface area contributed by atoms with Crippen molar-refractivity contribution in [3.8, 4) is 11.3 Å². The zero-order valence-corrected chi connectivity index (χ0v) is 12.9. The van der Waals surface area contributed by atoms with Gasteiger partial charge in [-0.25, -0.2) is 4.98 Å². The van der Waals surface area contributed by atoms with Crippen LogP contribution in [0.25, 0.3) is 11.3 Å². The van der Waals surface area contributed by atoms with Crippen LogP contribution in [0.3, 0.4) is 0 Å². The lowest BCUT2D eigenvalue weighted by Crippen LogP contribution is -2.08. The summed E-state index contributed by atoms with van der Waals surface area (Å²) in [5.74, 6) is 0.0943. The standard InChI is InChI=1S/C14H14F2N4O2.ClH/c1-8(21)20-13-4-11(17)10(6-19-13)12-3-2-9(5-18-12)7-22-14(15)16;/h2-6,14H,7H2,1H3,(H3,17,19,20,21);1H. The van der Waals surface area contributed by atoms with E-state index in [0.29, 0.717) is 28.3 Å². The Morgan fingerprint density at radius 3 is 2.61 bits per heavy atom. The number of nitrogens with one attached hydrogen (secondary N) is 1. The highest BCUT2D eigenvalue weighted by atomic mass is 35.5. The molecule has 0 atom stereocenters. The summed E-state index contributed by atoms with van der Waals surface area (Å²) < 4.78 is 28.1. The number of carbonyl (C=O) groups is 1. The number of hydrogen-bond donors (Lipinski definition) is 2. The van der Waals surface area contributed by atoms with Crippen molar-refractivity contribution < 1.29 is 18.3 Å². The largest absolute Gasteiger partial charge is 0.398 e. The fourth-order valence-electron chi connectivity index (χ4n) is 1.76. The van der Waals surface area contributed by atoms with Gasteiger partial charge >= 0.3 is 6.61 Å². The van der Waals surface area contributed by atoms with E-state index >= 15 is 0 Å². The van der Waals surface area contributed by atoms with Gasteiger partial charge in [0.2, 0.25) is 5.91 Å². The summed E-state index contributed by atoms with van der Waals surface area (Å²) in [7, 11) is 0. The first-order valence-corrected chi connectivity index (χ1v) is 6.34. The molecule has 0 bridgehead atoms. The lowest BCUT2D eigenvalue weighted by molar-refractivity contribution is -0.137. The number of anilines is 2. The summed E-state index contributed by atoms with van der Waals surface area (Å²) >= 11 is 0. The normalized spacial score (nSPS) is 10.3. The molecule has 0 aliphatic rings. The molecule has 0 aliphatic carbocycles. The van der Waals surface area contributed by atoms with E-state index in [4.69, 9.17) is 5.73 Å². The van der Waals surface area contributed by atoms with Gasteiger partial charge in [-0.2, -0.15) is 8.78 Å². The van der Waals surface area contributed by atoms with Crippen LogP contribution >= 0.6 is 12.4 Å². The van der Waals surface area contributed by atoms with Crippen LogP contribution in [0, 0.1) is 0 Å². The Kier molecular flexibility index (Phi) is 6.80. The van der Waals surface area contributed by atoms with Gasteiger partial charge in [-0.1, -0.05) is 6.07 Å². The Labute approximate surface area is 137 Å². The lowest BCUT2D eigenvalue weighted by Gasteiger charge is -2.08. The molecule has 6 nitrogen and oxygen atoms in total. The second-order valence-corrected chi connectivity index (χ2v) is 4.46. The highest BCUT2D eigenvalue weighted by Crippen LogP contribution is 2.25. The number of pyridine rings is 2. The topological polar surface area (TPSA) is 90.1 Å². The number of halogens is 3. The summed E-state index contributed by atoms with van der Waals surface area (Å²) in [4.78, 5) is 19.2. The first-order valence-electron chi connectivity index (χ1n) is 6.34. The molecule has 2 heterocycles. The highest BCUT2D eigenvalue weighted by molar-refractivity contribution is 5.89. The van der Waals surface area contributed by atoms with Crippen molar-refractivity contribution in [3.63, 3.8) is 0 Å². The molecule has 124 valence electrons. The molecule has 2 aromatic heterocycles. The number of ether oxygens (including phenoxy) is 1. The Morgan fingerprint density at radius 2 is 2.09 bits per heavy atom. The minimum absolute atomic E-state index is 0. The van der Waals surface area contributed by atoms with Crippen molar-refractivity contribution in [2.45, 2.75) is 20.1 Å². The van der Waals surface area contributed by atoms with Crippen molar-refractivity contribution in [3.05, 3.63) is 36.2 Å². The number of amides is 1. The van der Waals surface area contributed by atoms with Crippen LogP contribution in [0.1, 0.15) is 12.5 Å². The monoisotopic (exact) mass is 344 g/mol. The van der Waals surface area contributed by atoms with Gasteiger partial charge in [0.1, 0.15) is 5.82 Å². The SMILES string of the molecule is CC(=O)Nc1cc(N)c(-c2ccc(COC(F)F)cn2)cn1.Cl. The zero-order valence-electron chi connectivity index (χ0n) is 12.1. The maximum absolute atomic E-state index is 11.9. The Bertz CT molecular complexity index is 668. The summed E-state index contributed by atoms with van der Waals surface area (Å²) in [6.07, 6.45) is 2.91. The predicted molar refractivity (Wildman–Crippen MR) is 84.2 cm³/mol. The maximum Gasteiger partial charge on any atom is 0.345 e. The average Bonchev–Trinajstić information content (AvgIpc) is 2.45. The lowest BCUT2D eigenvalue weighted by atomic mass is 10.1. The van der Waals surface area contributed by atoms with Crippen LogP contribution in [0.2, 0.25) is 0 Å². The minimum Gasteiger partial charge on any atom is -0.398 e. The second kappa shape index (κ2) is 8.35. The summed E-state index contributed by atoms with van der Waals surface area (Å²) in [5.41, 5.74) is 7.94. The number of rotatable bonds is 5. The van der Waals surface area contributed by atoms with E-state index in [1.165, 1.54) is 25.4 Å². The number of alkyl halides is 2. The van der Waals surface area contributed by atoms with Crippen LogP contribution in [0.15, 0.2) is 30.6 Å². The van der Waals surface area contributed by atoms with E-state index in [1.54, 1.807) is 12.1 Å². The van der Waals surface area contributed by atoms with E-state index in [0.717, 1.165) is 0 Å². The molecule has 0 aliphatic heterocycles. The number of nitrogen functional groups attached to an aromatic ring is 1. The summed E-state index contributed by atoms with van der Waals surface area (Å²) in [6.45, 7) is -1.67. The van der Waals surface area contributed by atoms with Crippen LogP contribution in [-0.4, -0.2) is 22.5 Å². The molecule has 0 radical (unpaired) electrons. The molecule has 0 unspecified atom stereocenters. The molecular formula is C14H15ClF2N4O2. The van der Waals surface area contributed by atoms with Gasteiger partial charge < -0.3 is 15.8 Å². The molecule has 0 fully saturated rings. The van der Waals surface area contributed by atoms with Crippen molar-refractivity contribution in [1.82, 2.24) is 9.97 Å². The van der Waals surface area contributed by atoms with Crippen molar-refractivity contribution in [1.29, 1.82) is 0 Å². The zero-order chi connectivity index (χ0) is 16.1. The van der Waals surface area contributed by atoms with Gasteiger partial charge in [-0.15, -0.1) is 12.4 Å². The molecule has 0 saturated heterocycles. The highest BCUT2D eigenvalue weighted by Gasteiger charge is 2.08. The van der Waals surface area contributed by atoms with Gasteiger partial charge in [0.25, 0.3) is 0 Å². The summed E-state index contributed by atoms with van der Waals surface area (Å²) in [6, 6.07) is 4.77. The molecule has 1 amide bonds. The smallest absolute Gasteiger partial charge is 0.345 e. The second-order valence-electron chi connectivity index (χ2n) is 4.46. The fourth-order valence-corrected chi connectivity index (χ4v) is 1.76. The van der Waals surface area contributed by atoms with Crippen LogP contribution in [0.5, 0.6) is 0 Å². The number of aromatic nitrogens is 2. The fraction of sp³-hybridized carbons (Fsp3) is 0.214. The van der Waals surface area contributed by atoms with Crippen molar-refractivity contribution in [2.24, 2.45) is 0 Å². The van der Waals surface area contributed by atoms with Gasteiger partial charge in [-0.05, 0) is 11.6 Å². The van der Waals surface area contributed by atoms with E-state index in [9.17, 15) is 13.6 Å². The quantitative estimate of drug-likeness (QED) is 0.870. The van der Waals surface area contributed by atoms with Crippen LogP contribution in [-0.2, 0) is 16.1 Å². The first-order chi connectivity index (χ1) is 10.5. The van der Waals surface area contributed by atoms with Gasteiger partial charge in [0, 0.05) is 36.6 Å². The minimum atomic E-state index is -2.82. The molecule has 9 heteroatoms. The molecule has 2 rings (SSSR count). The van der Waals surface area contributed by atoms with Gasteiger partial charge in [-0.3, -0.25) is 9.78 Å². The van der Waals surface area contributed by atoms with Crippen LogP contribution in [0.4, 0.5) is 20.3 Å². The van der Waals surface area contributed by atoms with E-state index < -0.39 is 6.61 Å². The predicted octanol–water partition coefficient (Wildman–Crippen LogP) is 2.85. The molecule has 3 N–H and O–H groups in total. The Hall–Kier alpha value is -2.32. The Balaban J connectivity index is 0.00000264. The van der Waals surface area contributed by atoms with E-state index in [2.05, 4.69) is 20.0 Å². The van der Waals surface area contributed by atoms with E-state index in [1.807, 2.05) is 0 Å². The van der Waals surface area contributed by atoms with Crippen molar-refractivity contribution >= 4 is 29.8 Å². The number of carbonyl (C=O) groups excluding carboxylic acids is 1. The average molecular weight is 345 g/mol. The molecule has 0 aromatic carbocycles. The molecule has 0 saturated carbocycles. The first kappa shape index (κ1) is 18.7. The number of nitrogens with zero attached hydrogens (tertiary/aromatic N) is 2. The third-order valence-corrected chi connectivity index (χ3v) is 2.72.